The van der Waals surface area contributed by atoms with Gasteiger partial charge in [0.1, 0.15) is 5.75 Å². The van der Waals surface area contributed by atoms with Crippen LogP contribution in [-0.2, 0) is 4.79 Å². The Hall–Kier alpha value is -2.31. The number of hydrogen-bond donors (Lipinski definition) is 1. The molecule has 1 amide bonds. The van der Waals surface area contributed by atoms with Crippen molar-refractivity contribution < 1.29 is 23.7 Å². The molecule has 0 aliphatic rings. The molecule has 2 aromatic rings. The molecule has 0 aliphatic carbocycles. The molecule has 0 aromatic heterocycles. The molecular formula is C19H21Cl2NO5. The number of carbonyl (C=O) groups excluding carboxylic acids is 1. The Bertz CT molecular complexity index is 788. The van der Waals surface area contributed by atoms with Crippen molar-refractivity contribution in [2.24, 2.45) is 0 Å². The molecule has 2 rings (SSSR count). The molecule has 1 unspecified atom stereocenters. The van der Waals surface area contributed by atoms with E-state index in [0.29, 0.717) is 33.0 Å². The average Bonchev–Trinajstić information content (AvgIpc) is 2.67. The van der Waals surface area contributed by atoms with E-state index in [-0.39, 0.29) is 18.6 Å². The molecule has 8 heteroatoms. The van der Waals surface area contributed by atoms with Crippen molar-refractivity contribution in [1.82, 2.24) is 5.32 Å². The van der Waals surface area contributed by atoms with Gasteiger partial charge in [-0.1, -0.05) is 23.2 Å². The van der Waals surface area contributed by atoms with E-state index in [1.165, 1.54) is 21.3 Å². The number of hydrogen-bond acceptors (Lipinski definition) is 5. The Labute approximate surface area is 168 Å². The summed E-state index contributed by atoms with van der Waals surface area (Å²) in [5, 5.41) is 3.70. The van der Waals surface area contributed by atoms with Crippen LogP contribution in [-0.4, -0.2) is 33.8 Å². The number of benzene rings is 2. The lowest BCUT2D eigenvalue weighted by Crippen LogP contribution is -2.31. The second-order valence-corrected chi connectivity index (χ2v) is 6.45. The molecule has 2 aromatic carbocycles. The van der Waals surface area contributed by atoms with E-state index < -0.39 is 0 Å². The normalized spacial score (nSPS) is 11.5. The second-order valence-electron chi connectivity index (χ2n) is 5.61. The smallest absolute Gasteiger partial charge is 0.258 e. The minimum absolute atomic E-state index is 0.200. The lowest BCUT2D eigenvalue weighted by Gasteiger charge is -2.19. The van der Waals surface area contributed by atoms with Gasteiger partial charge in [-0.2, -0.15) is 0 Å². The number of nitrogens with one attached hydrogen (secondary N) is 1. The molecule has 27 heavy (non-hydrogen) atoms. The van der Waals surface area contributed by atoms with Crippen LogP contribution in [0.3, 0.4) is 0 Å². The van der Waals surface area contributed by atoms with Crippen LogP contribution in [0.4, 0.5) is 0 Å². The molecule has 146 valence electrons. The monoisotopic (exact) mass is 413 g/mol. The Morgan fingerprint density at radius 1 is 1.00 bits per heavy atom. The summed E-state index contributed by atoms with van der Waals surface area (Å²) in [7, 11) is 4.60. The largest absolute Gasteiger partial charge is 0.493 e. The topological polar surface area (TPSA) is 66.0 Å². The Morgan fingerprint density at radius 2 is 1.63 bits per heavy atom. The third-order valence-electron chi connectivity index (χ3n) is 3.82. The lowest BCUT2D eigenvalue weighted by molar-refractivity contribution is -0.123. The van der Waals surface area contributed by atoms with Gasteiger partial charge in [-0.05, 0) is 36.8 Å². The quantitative estimate of drug-likeness (QED) is 0.699. The summed E-state index contributed by atoms with van der Waals surface area (Å²) in [6.07, 6.45) is 0. The van der Waals surface area contributed by atoms with Crippen LogP contribution >= 0.6 is 23.2 Å². The fraction of sp³-hybridized carbons (Fsp3) is 0.316. The maximum Gasteiger partial charge on any atom is 0.258 e. The van der Waals surface area contributed by atoms with Crippen LogP contribution in [0.2, 0.25) is 10.0 Å². The highest BCUT2D eigenvalue weighted by atomic mass is 35.5. The van der Waals surface area contributed by atoms with Gasteiger partial charge in [0.05, 0.1) is 32.4 Å². The van der Waals surface area contributed by atoms with Gasteiger partial charge in [0.15, 0.2) is 18.1 Å². The molecule has 0 spiro atoms. The van der Waals surface area contributed by atoms with Crippen molar-refractivity contribution in [1.29, 1.82) is 0 Å². The van der Waals surface area contributed by atoms with Gasteiger partial charge in [0.25, 0.3) is 5.91 Å². The first kappa shape index (κ1) is 21.0. The Kier molecular flexibility index (Phi) is 7.45. The molecule has 0 radical (unpaired) electrons. The van der Waals surface area contributed by atoms with Gasteiger partial charge in [-0.15, -0.1) is 0 Å². The second kappa shape index (κ2) is 9.58. The van der Waals surface area contributed by atoms with Crippen LogP contribution in [0, 0.1) is 0 Å². The Balaban J connectivity index is 2.06. The van der Waals surface area contributed by atoms with Crippen LogP contribution in [0.1, 0.15) is 18.5 Å². The van der Waals surface area contributed by atoms with Gasteiger partial charge >= 0.3 is 0 Å². The third kappa shape index (κ3) is 5.34. The summed E-state index contributed by atoms with van der Waals surface area (Å²) < 4.78 is 21.4. The van der Waals surface area contributed by atoms with Crippen molar-refractivity contribution in [2.75, 3.05) is 27.9 Å². The van der Waals surface area contributed by atoms with E-state index in [1.807, 2.05) is 6.92 Å². The Morgan fingerprint density at radius 3 is 2.19 bits per heavy atom. The van der Waals surface area contributed by atoms with E-state index in [4.69, 9.17) is 42.1 Å². The average molecular weight is 414 g/mol. The van der Waals surface area contributed by atoms with Crippen molar-refractivity contribution in [3.05, 3.63) is 45.9 Å². The van der Waals surface area contributed by atoms with E-state index in [9.17, 15) is 4.79 Å². The maximum absolute atomic E-state index is 12.2. The van der Waals surface area contributed by atoms with Crippen molar-refractivity contribution in [3.63, 3.8) is 0 Å². The molecule has 6 nitrogen and oxygen atoms in total. The van der Waals surface area contributed by atoms with Gasteiger partial charge in [-0.3, -0.25) is 4.79 Å². The molecule has 0 saturated carbocycles. The number of carbonyl (C=O) groups is 1. The maximum atomic E-state index is 12.2. The van der Waals surface area contributed by atoms with Crippen LogP contribution < -0.4 is 24.3 Å². The number of rotatable bonds is 8. The molecule has 1 N–H and O–H groups in total. The highest BCUT2D eigenvalue weighted by molar-refractivity contribution is 6.34. The standard InChI is InChI=1S/C19H21Cl2NO5/c1-11(12-7-16(24-2)19(26-4)17(8-12)25-3)22-18(23)10-27-15-9-13(20)5-6-14(15)21/h5-9,11H,10H2,1-4H3,(H,22,23). The summed E-state index contributed by atoms with van der Waals surface area (Å²) in [5.41, 5.74) is 0.790. The first-order chi connectivity index (χ1) is 12.9. The number of halogens is 2. The van der Waals surface area contributed by atoms with Crippen molar-refractivity contribution >= 4 is 29.1 Å². The zero-order valence-electron chi connectivity index (χ0n) is 15.5. The fourth-order valence-electron chi connectivity index (χ4n) is 2.45. The number of methoxy groups -OCH3 is 3. The van der Waals surface area contributed by atoms with Gasteiger partial charge in [0.2, 0.25) is 5.75 Å². The van der Waals surface area contributed by atoms with Crippen LogP contribution in [0.15, 0.2) is 30.3 Å². The zero-order chi connectivity index (χ0) is 20.0. The summed E-state index contributed by atoms with van der Waals surface area (Å²) in [6.45, 7) is 1.64. The predicted molar refractivity (Wildman–Crippen MR) is 105 cm³/mol. The first-order valence-corrected chi connectivity index (χ1v) is 8.82. The SMILES string of the molecule is COc1cc(C(C)NC(=O)COc2cc(Cl)ccc2Cl)cc(OC)c1OC. The molecule has 0 aliphatic heterocycles. The van der Waals surface area contributed by atoms with Gasteiger partial charge in [-0.25, -0.2) is 0 Å². The molecule has 0 heterocycles. The first-order valence-electron chi connectivity index (χ1n) is 8.06. The van der Waals surface area contributed by atoms with Gasteiger partial charge < -0.3 is 24.3 Å². The van der Waals surface area contributed by atoms with Crippen molar-refractivity contribution in [3.8, 4) is 23.0 Å². The van der Waals surface area contributed by atoms with Crippen LogP contribution in [0.25, 0.3) is 0 Å². The fourth-order valence-corrected chi connectivity index (χ4v) is 2.78. The molecule has 0 saturated heterocycles. The number of amides is 1. The summed E-state index contributed by atoms with van der Waals surface area (Å²) in [6, 6.07) is 8.05. The van der Waals surface area contributed by atoms with E-state index in [2.05, 4.69) is 5.32 Å². The predicted octanol–water partition coefficient (Wildman–Crippen LogP) is 4.28. The third-order valence-corrected chi connectivity index (χ3v) is 4.36. The lowest BCUT2D eigenvalue weighted by atomic mass is 10.1. The van der Waals surface area contributed by atoms with Crippen LogP contribution in [0.5, 0.6) is 23.0 Å². The number of ether oxygens (including phenoxy) is 4. The van der Waals surface area contributed by atoms with E-state index in [1.54, 1.807) is 30.3 Å². The highest BCUT2D eigenvalue weighted by Gasteiger charge is 2.18. The van der Waals surface area contributed by atoms with E-state index in [0.717, 1.165) is 5.56 Å². The van der Waals surface area contributed by atoms with Crippen molar-refractivity contribution in [2.45, 2.75) is 13.0 Å². The minimum atomic E-state index is -0.315. The minimum Gasteiger partial charge on any atom is -0.493 e. The summed E-state index contributed by atoms with van der Waals surface area (Å²) in [5.74, 6) is 1.54. The van der Waals surface area contributed by atoms with Gasteiger partial charge in [0, 0.05) is 11.1 Å². The van der Waals surface area contributed by atoms with E-state index >= 15 is 0 Å². The summed E-state index contributed by atoms with van der Waals surface area (Å²) in [4.78, 5) is 12.2. The molecule has 0 bridgehead atoms. The highest BCUT2D eigenvalue weighted by Crippen LogP contribution is 2.39. The molecule has 0 fully saturated rings. The molecular weight excluding hydrogens is 393 g/mol. The summed E-state index contributed by atoms with van der Waals surface area (Å²) >= 11 is 11.9. The molecule has 1 atom stereocenters. The zero-order valence-corrected chi connectivity index (χ0v) is 17.0.